The van der Waals surface area contributed by atoms with Gasteiger partial charge in [0.05, 0.1) is 5.56 Å². The van der Waals surface area contributed by atoms with E-state index in [2.05, 4.69) is 5.32 Å². The zero-order chi connectivity index (χ0) is 18.2. The topological polar surface area (TPSA) is 35.6 Å². The van der Waals surface area contributed by atoms with Gasteiger partial charge >= 0.3 is 6.18 Å². The number of carbonyl (C=O) groups excluding carboxylic acids is 1. The summed E-state index contributed by atoms with van der Waals surface area (Å²) in [4.78, 5) is 15.4. The van der Waals surface area contributed by atoms with Gasteiger partial charge in [-0.05, 0) is 29.8 Å². The fourth-order valence-corrected chi connectivity index (χ4v) is 2.87. The lowest BCUT2D eigenvalue weighted by Crippen LogP contribution is -2.47. The number of fused-ring (bicyclic) bond motifs is 1. The number of anilines is 2. The predicted octanol–water partition coefficient (Wildman–Crippen LogP) is 3.88. The van der Waals surface area contributed by atoms with Crippen molar-refractivity contribution in [3.63, 3.8) is 0 Å². The summed E-state index contributed by atoms with van der Waals surface area (Å²) in [7, 11) is 3.76. The van der Waals surface area contributed by atoms with Gasteiger partial charge in [-0.15, -0.1) is 0 Å². The first kappa shape index (κ1) is 17.1. The number of amides is 1. The van der Waals surface area contributed by atoms with Crippen LogP contribution in [0.15, 0.2) is 48.5 Å². The Morgan fingerprint density at radius 1 is 1.08 bits per heavy atom. The van der Waals surface area contributed by atoms with E-state index in [-0.39, 0.29) is 5.56 Å². The lowest BCUT2D eigenvalue weighted by molar-refractivity contribution is -0.144. The average molecular weight is 349 g/mol. The molecular formula is C18H18F3N3O. The Morgan fingerprint density at radius 3 is 2.32 bits per heavy atom. The maximum Gasteiger partial charge on any atom is 0.406 e. The first-order valence-electron chi connectivity index (χ1n) is 7.77. The van der Waals surface area contributed by atoms with Crippen molar-refractivity contribution in [3.05, 3.63) is 59.7 Å². The molecular weight excluding hydrogens is 331 g/mol. The van der Waals surface area contributed by atoms with Crippen molar-refractivity contribution >= 4 is 17.3 Å². The number of para-hydroxylation sites is 1. The number of carbonyl (C=O) groups is 1. The molecule has 1 amide bonds. The van der Waals surface area contributed by atoms with E-state index >= 15 is 0 Å². The van der Waals surface area contributed by atoms with Gasteiger partial charge in [0.25, 0.3) is 5.91 Å². The van der Waals surface area contributed by atoms with Crippen molar-refractivity contribution < 1.29 is 18.0 Å². The van der Waals surface area contributed by atoms with E-state index in [4.69, 9.17) is 0 Å². The van der Waals surface area contributed by atoms with Crippen molar-refractivity contribution in [2.45, 2.75) is 12.3 Å². The Morgan fingerprint density at radius 2 is 1.72 bits per heavy atom. The van der Waals surface area contributed by atoms with E-state index in [9.17, 15) is 18.0 Å². The van der Waals surface area contributed by atoms with Crippen molar-refractivity contribution in [2.75, 3.05) is 30.9 Å². The number of nitrogens with one attached hydrogen (secondary N) is 1. The normalized spacial score (nSPS) is 17.1. The van der Waals surface area contributed by atoms with Crippen LogP contribution in [-0.2, 0) is 0 Å². The molecule has 0 aromatic heterocycles. The molecule has 0 fully saturated rings. The van der Waals surface area contributed by atoms with Crippen molar-refractivity contribution in [3.8, 4) is 0 Å². The lowest BCUT2D eigenvalue weighted by atomic mass is 10.0. The molecule has 7 heteroatoms. The van der Waals surface area contributed by atoms with Gasteiger partial charge in [-0.2, -0.15) is 13.2 Å². The van der Waals surface area contributed by atoms with E-state index in [1.165, 1.54) is 6.07 Å². The van der Waals surface area contributed by atoms with Crippen LogP contribution in [0.25, 0.3) is 0 Å². The van der Waals surface area contributed by atoms with Gasteiger partial charge in [0.15, 0.2) is 0 Å². The van der Waals surface area contributed by atoms with Crippen LogP contribution in [0.1, 0.15) is 22.1 Å². The molecule has 2 aromatic rings. The molecule has 132 valence electrons. The second kappa shape index (κ2) is 6.31. The summed E-state index contributed by atoms with van der Waals surface area (Å²) in [6, 6.07) is 13.7. The van der Waals surface area contributed by atoms with Crippen molar-refractivity contribution in [1.29, 1.82) is 0 Å². The van der Waals surface area contributed by atoms with Gasteiger partial charge in [0.1, 0.15) is 12.7 Å². The molecule has 25 heavy (non-hydrogen) atoms. The zero-order valence-electron chi connectivity index (χ0n) is 13.8. The number of benzene rings is 2. The van der Waals surface area contributed by atoms with Crippen LogP contribution in [-0.4, -0.2) is 37.6 Å². The Bertz CT molecular complexity index is 772. The van der Waals surface area contributed by atoms with Crippen LogP contribution in [0.2, 0.25) is 0 Å². The first-order valence-corrected chi connectivity index (χ1v) is 7.77. The number of rotatable bonds is 3. The second-order valence-corrected chi connectivity index (χ2v) is 6.13. The van der Waals surface area contributed by atoms with Crippen molar-refractivity contribution in [2.24, 2.45) is 0 Å². The third-order valence-electron chi connectivity index (χ3n) is 4.10. The largest absolute Gasteiger partial charge is 0.406 e. The Hall–Kier alpha value is -2.70. The molecule has 0 unspecified atom stereocenters. The summed E-state index contributed by atoms with van der Waals surface area (Å²) in [5.41, 5.74) is 2.30. The van der Waals surface area contributed by atoms with Gasteiger partial charge in [-0.25, -0.2) is 0 Å². The molecule has 0 radical (unpaired) electrons. The third kappa shape index (κ3) is 3.55. The quantitative estimate of drug-likeness (QED) is 0.913. The third-order valence-corrected chi connectivity index (χ3v) is 4.10. The monoisotopic (exact) mass is 349 g/mol. The van der Waals surface area contributed by atoms with E-state index < -0.39 is 24.8 Å². The molecule has 4 nitrogen and oxygen atoms in total. The Kier molecular flexibility index (Phi) is 4.32. The standard InChI is InChI=1S/C18H18F3N3O/c1-23(2)13-9-7-12(8-10-13)16-22-15-6-4-3-5-14(15)17(25)24(16)11-18(19,20)21/h3-10,16,22H,11H2,1-2H3/t16-/m0/s1. The number of nitrogens with zero attached hydrogens (tertiary/aromatic N) is 2. The van der Waals surface area contributed by atoms with E-state index in [0.29, 0.717) is 11.3 Å². The van der Waals surface area contributed by atoms with Crippen LogP contribution in [0, 0.1) is 0 Å². The molecule has 0 bridgehead atoms. The molecule has 1 aliphatic rings. The Balaban J connectivity index is 2.01. The maximum atomic E-state index is 13.0. The number of hydrogen-bond donors (Lipinski definition) is 1. The van der Waals surface area contributed by atoms with Crippen LogP contribution in [0.5, 0.6) is 0 Å². The average Bonchev–Trinajstić information content (AvgIpc) is 2.56. The molecule has 1 aliphatic heterocycles. The van der Waals surface area contributed by atoms with E-state index in [0.717, 1.165) is 10.6 Å². The summed E-state index contributed by atoms with van der Waals surface area (Å²) in [5, 5.41) is 3.06. The highest BCUT2D eigenvalue weighted by Crippen LogP contribution is 2.35. The number of alkyl halides is 3. The molecule has 0 saturated carbocycles. The minimum Gasteiger partial charge on any atom is -0.378 e. The van der Waals surface area contributed by atoms with Gasteiger partial charge in [-0.3, -0.25) is 4.79 Å². The van der Waals surface area contributed by atoms with Crippen LogP contribution >= 0.6 is 0 Å². The highest BCUT2D eigenvalue weighted by Gasteiger charge is 2.40. The first-order chi connectivity index (χ1) is 11.8. The second-order valence-electron chi connectivity index (χ2n) is 6.13. The lowest BCUT2D eigenvalue weighted by Gasteiger charge is -2.38. The van der Waals surface area contributed by atoms with Crippen LogP contribution in [0.3, 0.4) is 0 Å². The minimum absolute atomic E-state index is 0.243. The molecule has 1 heterocycles. The highest BCUT2D eigenvalue weighted by molar-refractivity contribution is 6.01. The maximum absolute atomic E-state index is 13.0. The fraction of sp³-hybridized carbons (Fsp3) is 0.278. The molecule has 0 saturated heterocycles. The summed E-state index contributed by atoms with van der Waals surface area (Å²) < 4.78 is 39.1. The fourth-order valence-electron chi connectivity index (χ4n) is 2.87. The summed E-state index contributed by atoms with van der Waals surface area (Å²) >= 11 is 0. The van der Waals surface area contributed by atoms with E-state index in [1.807, 2.05) is 31.1 Å². The highest BCUT2D eigenvalue weighted by atomic mass is 19.4. The predicted molar refractivity (Wildman–Crippen MR) is 90.7 cm³/mol. The van der Waals surface area contributed by atoms with E-state index in [1.54, 1.807) is 30.3 Å². The smallest absolute Gasteiger partial charge is 0.378 e. The number of hydrogen-bond acceptors (Lipinski definition) is 3. The minimum atomic E-state index is -4.48. The molecule has 1 atom stereocenters. The van der Waals surface area contributed by atoms with Crippen LogP contribution in [0.4, 0.5) is 24.5 Å². The molecule has 0 aliphatic carbocycles. The summed E-state index contributed by atoms with van der Waals surface area (Å²) in [5.74, 6) is -0.631. The number of halogens is 3. The zero-order valence-corrected chi connectivity index (χ0v) is 13.8. The van der Waals surface area contributed by atoms with Gasteiger partial charge in [0.2, 0.25) is 0 Å². The SMILES string of the molecule is CN(C)c1ccc([C@H]2Nc3ccccc3C(=O)N2CC(F)(F)F)cc1. The summed E-state index contributed by atoms with van der Waals surface area (Å²) in [6.45, 7) is -1.31. The molecule has 1 N–H and O–H groups in total. The summed E-state index contributed by atoms with van der Waals surface area (Å²) in [6.07, 6.45) is -5.36. The van der Waals surface area contributed by atoms with Crippen LogP contribution < -0.4 is 10.2 Å². The molecule has 2 aromatic carbocycles. The van der Waals surface area contributed by atoms with Gasteiger partial charge < -0.3 is 15.1 Å². The Labute approximate surface area is 143 Å². The molecule has 0 spiro atoms. The van der Waals surface area contributed by atoms with Crippen molar-refractivity contribution in [1.82, 2.24) is 4.90 Å². The van der Waals surface area contributed by atoms with Gasteiger partial charge in [0, 0.05) is 25.5 Å². The molecule has 3 rings (SSSR count). The van der Waals surface area contributed by atoms with Gasteiger partial charge in [-0.1, -0.05) is 24.3 Å².